The Morgan fingerprint density at radius 1 is 1.43 bits per heavy atom. The molecule has 112 valence electrons. The molecular weight excluding hydrogens is 288 g/mol. The van der Waals surface area contributed by atoms with E-state index in [2.05, 4.69) is 10.4 Å². The quantitative estimate of drug-likeness (QED) is 0.886. The van der Waals surface area contributed by atoms with Gasteiger partial charge in [0, 0.05) is 36.9 Å². The molecule has 1 aromatic heterocycles. The van der Waals surface area contributed by atoms with Crippen molar-refractivity contribution in [3.63, 3.8) is 0 Å². The molecule has 0 fully saturated rings. The SMILES string of the molecule is CN(CC(=O)NCc1cccc(Cl)c1)Cc1cnn(C)c1. The van der Waals surface area contributed by atoms with Crippen LogP contribution >= 0.6 is 11.6 Å². The summed E-state index contributed by atoms with van der Waals surface area (Å²) >= 11 is 5.91. The number of amides is 1. The molecule has 5 nitrogen and oxygen atoms in total. The third-order valence-corrected chi connectivity index (χ3v) is 3.24. The van der Waals surface area contributed by atoms with Gasteiger partial charge in [-0.1, -0.05) is 23.7 Å². The predicted molar refractivity (Wildman–Crippen MR) is 82.8 cm³/mol. The fourth-order valence-corrected chi connectivity index (χ4v) is 2.28. The zero-order chi connectivity index (χ0) is 15.2. The van der Waals surface area contributed by atoms with E-state index < -0.39 is 0 Å². The average molecular weight is 307 g/mol. The number of nitrogens with one attached hydrogen (secondary N) is 1. The van der Waals surface area contributed by atoms with Crippen LogP contribution in [-0.2, 0) is 24.9 Å². The molecule has 1 aromatic carbocycles. The maximum Gasteiger partial charge on any atom is 0.234 e. The summed E-state index contributed by atoms with van der Waals surface area (Å²) in [5.74, 6) is -0.0126. The Labute approximate surface area is 129 Å². The van der Waals surface area contributed by atoms with Gasteiger partial charge >= 0.3 is 0 Å². The first-order chi connectivity index (χ1) is 10.0. The van der Waals surface area contributed by atoms with Crippen LogP contribution in [0.3, 0.4) is 0 Å². The van der Waals surface area contributed by atoms with Crippen molar-refractivity contribution in [3.05, 3.63) is 52.8 Å². The molecule has 6 heteroatoms. The van der Waals surface area contributed by atoms with Gasteiger partial charge in [0.05, 0.1) is 12.7 Å². The van der Waals surface area contributed by atoms with E-state index in [-0.39, 0.29) is 5.91 Å². The van der Waals surface area contributed by atoms with Crippen LogP contribution in [0.15, 0.2) is 36.7 Å². The molecule has 0 saturated carbocycles. The monoisotopic (exact) mass is 306 g/mol. The summed E-state index contributed by atoms with van der Waals surface area (Å²) in [6.45, 7) is 1.52. The fourth-order valence-electron chi connectivity index (χ4n) is 2.07. The van der Waals surface area contributed by atoms with Crippen LogP contribution in [0.1, 0.15) is 11.1 Å². The van der Waals surface area contributed by atoms with Gasteiger partial charge < -0.3 is 5.32 Å². The predicted octanol–water partition coefficient (Wildman–Crippen LogP) is 1.82. The first kappa shape index (κ1) is 15.5. The molecule has 0 radical (unpaired) electrons. The molecule has 1 heterocycles. The number of aryl methyl sites for hydroxylation is 1. The second-order valence-corrected chi connectivity index (χ2v) is 5.54. The number of halogens is 1. The Kier molecular flexibility index (Phi) is 5.36. The van der Waals surface area contributed by atoms with Crippen molar-refractivity contribution in [2.45, 2.75) is 13.1 Å². The minimum Gasteiger partial charge on any atom is -0.351 e. The third-order valence-electron chi connectivity index (χ3n) is 3.00. The Hall–Kier alpha value is -1.85. The van der Waals surface area contributed by atoms with E-state index in [1.165, 1.54) is 0 Å². The van der Waals surface area contributed by atoms with Gasteiger partial charge in [-0.3, -0.25) is 14.4 Å². The van der Waals surface area contributed by atoms with Crippen molar-refractivity contribution in [3.8, 4) is 0 Å². The van der Waals surface area contributed by atoms with Crippen molar-refractivity contribution in [1.29, 1.82) is 0 Å². The van der Waals surface area contributed by atoms with Crippen LogP contribution in [-0.4, -0.2) is 34.2 Å². The van der Waals surface area contributed by atoms with Gasteiger partial charge in [0.2, 0.25) is 5.91 Å². The number of likely N-dealkylation sites (N-methyl/N-ethyl adjacent to an activating group) is 1. The largest absolute Gasteiger partial charge is 0.351 e. The van der Waals surface area contributed by atoms with E-state index in [4.69, 9.17) is 11.6 Å². The highest BCUT2D eigenvalue weighted by molar-refractivity contribution is 6.30. The number of nitrogens with zero attached hydrogens (tertiary/aromatic N) is 3. The highest BCUT2D eigenvalue weighted by atomic mass is 35.5. The molecule has 0 aliphatic heterocycles. The lowest BCUT2D eigenvalue weighted by molar-refractivity contribution is -0.122. The normalized spacial score (nSPS) is 10.9. The van der Waals surface area contributed by atoms with Gasteiger partial charge in [0.25, 0.3) is 0 Å². The first-order valence-corrected chi connectivity index (χ1v) is 7.08. The summed E-state index contributed by atoms with van der Waals surface area (Å²) in [7, 11) is 3.78. The first-order valence-electron chi connectivity index (χ1n) is 6.70. The summed E-state index contributed by atoms with van der Waals surface area (Å²) in [5.41, 5.74) is 2.08. The maximum absolute atomic E-state index is 11.9. The van der Waals surface area contributed by atoms with Gasteiger partial charge in [-0.2, -0.15) is 5.10 Å². The second kappa shape index (κ2) is 7.24. The fraction of sp³-hybridized carbons (Fsp3) is 0.333. The minimum atomic E-state index is -0.0126. The molecule has 0 spiro atoms. The van der Waals surface area contributed by atoms with Crippen LogP contribution in [0.25, 0.3) is 0 Å². The molecule has 0 saturated heterocycles. The van der Waals surface area contributed by atoms with Crippen LogP contribution in [0.2, 0.25) is 5.02 Å². The topological polar surface area (TPSA) is 50.2 Å². The highest BCUT2D eigenvalue weighted by Gasteiger charge is 2.08. The number of carbonyl (C=O) groups excluding carboxylic acids is 1. The van der Waals surface area contributed by atoms with Crippen molar-refractivity contribution in [2.24, 2.45) is 7.05 Å². The lowest BCUT2D eigenvalue weighted by atomic mass is 10.2. The Bertz CT molecular complexity index is 611. The van der Waals surface area contributed by atoms with E-state index in [0.29, 0.717) is 24.7 Å². The molecule has 21 heavy (non-hydrogen) atoms. The van der Waals surface area contributed by atoms with E-state index in [1.807, 2.05) is 49.5 Å². The van der Waals surface area contributed by atoms with Gasteiger partial charge in [-0.05, 0) is 24.7 Å². The summed E-state index contributed by atoms with van der Waals surface area (Å²) in [6.07, 6.45) is 3.75. The molecule has 1 N–H and O–H groups in total. The smallest absolute Gasteiger partial charge is 0.234 e. The Balaban J connectivity index is 1.76. The number of carbonyl (C=O) groups is 1. The van der Waals surface area contributed by atoms with Gasteiger partial charge in [0.15, 0.2) is 0 Å². The van der Waals surface area contributed by atoms with Gasteiger partial charge in [-0.25, -0.2) is 0 Å². The van der Waals surface area contributed by atoms with Gasteiger partial charge in [-0.15, -0.1) is 0 Å². The zero-order valence-corrected chi connectivity index (χ0v) is 13.0. The molecule has 0 unspecified atom stereocenters. The Morgan fingerprint density at radius 3 is 2.90 bits per heavy atom. The van der Waals surface area contributed by atoms with Crippen LogP contribution in [0.5, 0.6) is 0 Å². The molecule has 0 aliphatic carbocycles. The van der Waals surface area contributed by atoms with Crippen molar-refractivity contribution in [1.82, 2.24) is 20.0 Å². The number of rotatable bonds is 6. The molecule has 2 aromatic rings. The minimum absolute atomic E-state index is 0.0126. The molecule has 2 rings (SSSR count). The highest BCUT2D eigenvalue weighted by Crippen LogP contribution is 2.10. The van der Waals surface area contributed by atoms with Crippen molar-refractivity contribution >= 4 is 17.5 Å². The molecular formula is C15H19ClN4O. The van der Waals surface area contributed by atoms with E-state index in [9.17, 15) is 4.79 Å². The summed E-state index contributed by atoms with van der Waals surface area (Å²) < 4.78 is 1.75. The van der Waals surface area contributed by atoms with Crippen LogP contribution in [0, 0.1) is 0 Å². The standard InChI is InChI=1S/C15H19ClN4O/c1-19(9-13-8-18-20(2)10-13)11-15(21)17-7-12-4-3-5-14(16)6-12/h3-6,8,10H,7,9,11H2,1-2H3,(H,17,21). The zero-order valence-electron chi connectivity index (χ0n) is 12.2. The lowest BCUT2D eigenvalue weighted by Gasteiger charge is -2.15. The van der Waals surface area contributed by atoms with E-state index in [1.54, 1.807) is 10.9 Å². The van der Waals surface area contributed by atoms with Gasteiger partial charge in [0.1, 0.15) is 0 Å². The third kappa shape index (κ3) is 5.21. The number of hydrogen-bond donors (Lipinski definition) is 1. The van der Waals surface area contributed by atoms with E-state index >= 15 is 0 Å². The second-order valence-electron chi connectivity index (χ2n) is 5.10. The number of aromatic nitrogens is 2. The summed E-state index contributed by atoms with van der Waals surface area (Å²) in [4.78, 5) is 13.8. The number of hydrogen-bond acceptors (Lipinski definition) is 3. The summed E-state index contributed by atoms with van der Waals surface area (Å²) in [6, 6.07) is 7.47. The molecule has 0 aliphatic rings. The molecule has 0 bridgehead atoms. The van der Waals surface area contributed by atoms with Crippen LogP contribution in [0.4, 0.5) is 0 Å². The van der Waals surface area contributed by atoms with Crippen LogP contribution < -0.4 is 5.32 Å². The molecule has 1 amide bonds. The lowest BCUT2D eigenvalue weighted by Crippen LogP contribution is -2.34. The maximum atomic E-state index is 11.9. The van der Waals surface area contributed by atoms with E-state index in [0.717, 1.165) is 11.1 Å². The Morgan fingerprint density at radius 2 is 2.24 bits per heavy atom. The average Bonchev–Trinajstić information content (AvgIpc) is 2.81. The van der Waals surface area contributed by atoms with Crippen molar-refractivity contribution < 1.29 is 4.79 Å². The molecule has 0 atom stereocenters. The summed E-state index contributed by atoms with van der Waals surface area (Å²) in [5, 5.41) is 7.67. The number of benzene rings is 1. The van der Waals surface area contributed by atoms with Crippen molar-refractivity contribution in [2.75, 3.05) is 13.6 Å².